The predicted molar refractivity (Wildman–Crippen MR) is 52.3 cm³/mol. The van der Waals surface area contributed by atoms with Crippen LogP contribution in [0, 0.1) is 5.92 Å². The number of likely N-dealkylation sites (tertiary alicyclic amines) is 1. The molecule has 1 unspecified atom stereocenters. The lowest BCUT2D eigenvalue weighted by atomic mass is 10.0. The lowest BCUT2D eigenvalue weighted by Gasteiger charge is -2.16. The Bertz CT molecular complexity index is 216. The average Bonchev–Trinajstić information content (AvgIpc) is 2.74. The summed E-state index contributed by atoms with van der Waals surface area (Å²) in [5, 5.41) is 0. The zero-order valence-electron chi connectivity index (χ0n) is 8.04. The molecule has 72 valence electrons. The van der Waals surface area contributed by atoms with E-state index in [0.717, 1.165) is 25.9 Å². The highest BCUT2D eigenvalue weighted by atomic mass is 16.2. The molecular weight excluding hydrogens is 162 g/mol. The van der Waals surface area contributed by atoms with E-state index in [1.165, 1.54) is 19.3 Å². The molecule has 2 nitrogen and oxygen atoms in total. The summed E-state index contributed by atoms with van der Waals surface area (Å²) >= 11 is 0. The van der Waals surface area contributed by atoms with E-state index in [-0.39, 0.29) is 0 Å². The Balaban J connectivity index is 1.79. The van der Waals surface area contributed by atoms with Gasteiger partial charge in [-0.1, -0.05) is 12.2 Å². The van der Waals surface area contributed by atoms with Gasteiger partial charge in [0, 0.05) is 19.5 Å². The van der Waals surface area contributed by atoms with Crippen LogP contribution in [0.4, 0.5) is 0 Å². The molecule has 0 spiro atoms. The van der Waals surface area contributed by atoms with Crippen LogP contribution in [0.15, 0.2) is 12.2 Å². The SMILES string of the molecule is O=C(CC1C=CCC1)N1CCCC1. The van der Waals surface area contributed by atoms with E-state index in [4.69, 9.17) is 0 Å². The summed E-state index contributed by atoms with van der Waals surface area (Å²) in [7, 11) is 0. The van der Waals surface area contributed by atoms with Gasteiger partial charge >= 0.3 is 0 Å². The van der Waals surface area contributed by atoms with Gasteiger partial charge < -0.3 is 4.90 Å². The largest absolute Gasteiger partial charge is 0.343 e. The van der Waals surface area contributed by atoms with E-state index in [1.54, 1.807) is 0 Å². The third-order valence-corrected chi connectivity index (χ3v) is 3.01. The van der Waals surface area contributed by atoms with Gasteiger partial charge in [-0.15, -0.1) is 0 Å². The van der Waals surface area contributed by atoms with Gasteiger partial charge in [0.1, 0.15) is 0 Å². The van der Waals surface area contributed by atoms with Crippen molar-refractivity contribution in [1.82, 2.24) is 4.90 Å². The maximum Gasteiger partial charge on any atom is 0.223 e. The molecule has 2 heteroatoms. The van der Waals surface area contributed by atoms with Crippen LogP contribution in [0.1, 0.15) is 32.1 Å². The number of allylic oxidation sites excluding steroid dienone is 2. The molecule has 1 atom stereocenters. The zero-order chi connectivity index (χ0) is 9.10. The Morgan fingerprint density at radius 3 is 2.77 bits per heavy atom. The van der Waals surface area contributed by atoms with Crippen molar-refractivity contribution in [1.29, 1.82) is 0 Å². The van der Waals surface area contributed by atoms with Gasteiger partial charge in [0.2, 0.25) is 5.91 Å². The molecule has 1 fully saturated rings. The maximum atomic E-state index is 11.7. The summed E-state index contributed by atoms with van der Waals surface area (Å²) in [6.45, 7) is 1.99. The topological polar surface area (TPSA) is 20.3 Å². The van der Waals surface area contributed by atoms with Crippen LogP contribution in [-0.4, -0.2) is 23.9 Å². The monoisotopic (exact) mass is 179 g/mol. The van der Waals surface area contributed by atoms with Crippen LogP contribution in [0.3, 0.4) is 0 Å². The Labute approximate surface area is 79.6 Å². The van der Waals surface area contributed by atoms with E-state index >= 15 is 0 Å². The summed E-state index contributed by atoms with van der Waals surface area (Å²) in [6, 6.07) is 0. The van der Waals surface area contributed by atoms with Crippen molar-refractivity contribution >= 4 is 5.91 Å². The summed E-state index contributed by atoms with van der Waals surface area (Å²) in [5.74, 6) is 0.905. The molecule has 1 heterocycles. The van der Waals surface area contributed by atoms with Gasteiger partial charge in [-0.3, -0.25) is 4.79 Å². The molecule has 1 aliphatic heterocycles. The van der Waals surface area contributed by atoms with Crippen molar-refractivity contribution < 1.29 is 4.79 Å². The van der Waals surface area contributed by atoms with Crippen molar-refractivity contribution in [2.75, 3.05) is 13.1 Å². The first-order chi connectivity index (χ1) is 6.36. The molecule has 0 radical (unpaired) electrons. The van der Waals surface area contributed by atoms with Gasteiger partial charge in [-0.25, -0.2) is 0 Å². The number of hydrogen-bond acceptors (Lipinski definition) is 1. The number of hydrogen-bond donors (Lipinski definition) is 0. The summed E-state index contributed by atoms with van der Waals surface area (Å²) in [6.07, 6.45) is 9.89. The molecule has 2 rings (SSSR count). The molecular formula is C11H17NO. The summed E-state index contributed by atoms with van der Waals surface area (Å²) < 4.78 is 0. The smallest absolute Gasteiger partial charge is 0.223 e. The van der Waals surface area contributed by atoms with Gasteiger partial charge in [-0.05, 0) is 31.6 Å². The fourth-order valence-electron chi connectivity index (χ4n) is 2.19. The second-order valence-corrected chi connectivity index (χ2v) is 4.06. The molecule has 1 saturated heterocycles. The van der Waals surface area contributed by atoms with E-state index in [0.29, 0.717) is 11.8 Å². The lowest BCUT2D eigenvalue weighted by Crippen LogP contribution is -2.28. The lowest BCUT2D eigenvalue weighted by molar-refractivity contribution is -0.130. The second-order valence-electron chi connectivity index (χ2n) is 4.06. The minimum absolute atomic E-state index is 0.369. The predicted octanol–water partition coefficient (Wildman–Crippen LogP) is 1.97. The second kappa shape index (κ2) is 3.95. The van der Waals surface area contributed by atoms with E-state index in [1.807, 2.05) is 4.90 Å². The van der Waals surface area contributed by atoms with Gasteiger partial charge in [0.15, 0.2) is 0 Å². The van der Waals surface area contributed by atoms with Crippen LogP contribution in [0.25, 0.3) is 0 Å². The normalized spacial score (nSPS) is 27.1. The third-order valence-electron chi connectivity index (χ3n) is 3.01. The Hall–Kier alpha value is -0.790. The van der Waals surface area contributed by atoms with Crippen molar-refractivity contribution in [2.24, 2.45) is 5.92 Å². The number of nitrogens with zero attached hydrogens (tertiary/aromatic N) is 1. The molecule has 0 N–H and O–H groups in total. The molecule has 0 aromatic rings. The van der Waals surface area contributed by atoms with Crippen molar-refractivity contribution in [3.05, 3.63) is 12.2 Å². The molecule has 0 aromatic carbocycles. The maximum absolute atomic E-state index is 11.7. The van der Waals surface area contributed by atoms with Crippen molar-refractivity contribution in [2.45, 2.75) is 32.1 Å². The van der Waals surface area contributed by atoms with E-state index in [2.05, 4.69) is 12.2 Å². The molecule has 0 saturated carbocycles. The van der Waals surface area contributed by atoms with Gasteiger partial charge in [0.05, 0.1) is 0 Å². The summed E-state index contributed by atoms with van der Waals surface area (Å²) in [5.41, 5.74) is 0. The molecule has 13 heavy (non-hydrogen) atoms. The number of carbonyl (C=O) groups excluding carboxylic acids is 1. The molecule has 1 amide bonds. The zero-order valence-corrected chi connectivity index (χ0v) is 8.04. The Kier molecular flexibility index (Phi) is 2.67. The first-order valence-electron chi connectivity index (χ1n) is 5.31. The Morgan fingerprint density at radius 2 is 2.15 bits per heavy atom. The van der Waals surface area contributed by atoms with Gasteiger partial charge in [0.25, 0.3) is 0 Å². The van der Waals surface area contributed by atoms with Crippen LogP contribution in [0.5, 0.6) is 0 Å². The fraction of sp³-hybridized carbons (Fsp3) is 0.727. The quantitative estimate of drug-likeness (QED) is 0.593. The minimum atomic E-state index is 0.369. The van der Waals surface area contributed by atoms with E-state index < -0.39 is 0 Å². The molecule has 1 aliphatic carbocycles. The number of carbonyl (C=O) groups is 1. The standard InChI is InChI=1S/C11H17NO/c13-11(12-7-3-4-8-12)9-10-5-1-2-6-10/h1,5,10H,2-4,6-9H2. The van der Waals surface area contributed by atoms with Crippen LogP contribution in [-0.2, 0) is 4.79 Å². The van der Waals surface area contributed by atoms with Crippen LogP contribution in [0.2, 0.25) is 0 Å². The van der Waals surface area contributed by atoms with E-state index in [9.17, 15) is 4.79 Å². The highest BCUT2D eigenvalue weighted by Crippen LogP contribution is 2.22. The van der Waals surface area contributed by atoms with Crippen LogP contribution >= 0.6 is 0 Å². The third kappa shape index (κ3) is 2.11. The molecule has 0 bridgehead atoms. The first kappa shape index (κ1) is 8.79. The highest BCUT2D eigenvalue weighted by molar-refractivity contribution is 5.76. The average molecular weight is 179 g/mol. The van der Waals surface area contributed by atoms with Crippen LogP contribution < -0.4 is 0 Å². The van der Waals surface area contributed by atoms with Gasteiger partial charge in [-0.2, -0.15) is 0 Å². The fourth-order valence-corrected chi connectivity index (χ4v) is 2.19. The van der Waals surface area contributed by atoms with Crippen molar-refractivity contribution in [3.8, 4) is 0 Å². The van der Waals surface area contributed by atoms with Crippen molar-refractivity contribution in [3.63, 3.8) is 0 Å². The minimum Gasteiger partial charge on any atom is -0.343 e. The highest BCUT2D eigenvalue weighted by Gasteiger charge is 2.21. The number of rotatable bonds is 2. The molecule has 2 aliphatic rings. The summed E-state index contributed by atoms with van der Waals surface area (Å²) in [4.78, 5) is 13.7. The molecule has 0 aromatic heterocycles. The number of amides is 1. The Morgan fingerprint density at radius 1 is 1.38 bits per heavy atom. The first-order valence-corrected chi connectivity index (χ1v) is 5.31.